The van der Waals surface area contributed by atoms with E-state index in [0.717, 1.165) is 23.4 Å². The molecule has 0 radical (unpaired) electrons. The average Bonchev–Trinajstić information content (AvgIpc) is 3.91. The van der Waals surface area contributed by atoms with Crippen LogP contribution in [0.4, 0.5) is 0 Å². The fourth-order valence-corrected chi connectivity index (χ4v) is 8.86. The van der Waals surface area contributed by atoms with Gasteiger partial charge in [-0.3, -0.25) is 24.1 Å². The fourth-order valence-electron chi connectivity index (χ4n) is 8.17. The van der Waals surface area contributed by atoms with Crippen LogP contribution in [-0.2, 0) is 35.1 Å². The third-order valence-electron chi connectivity index (χ3n) is 11.3. The second kappa shape index (κ2) is 24.5. The Hall–Kier alpha value is -3.39. The molecule has 0 aliphatic carbocycles. The number of carbonyl (C=O) groups excluding carboxylic acids is 4. The minimum atomic E-state index is -0.751. The van der Waals surface area contributed by atoms with Gasteiger partial charge in [-0.15, -0.1) is 11.3 Å². The second-order valence-corrected chi connectivity index (χ2v) is 17.0. The summed E-state index contributed by atoms with van der Waals surface area (Å²) in [4.78, 5) is 65.8. The standard InChI is InChI=1S/C42H68N6O6S.C2H6/c1-13-28(6)37(47(10)42(52)35(26(2)3)45-40(51)36(27(4)5)46(8)9)33(53-11)25-34(49)48-22-17-20-32(48)38(54-12)29(7)39(50)44-31(41-43-21-23-55-41)24-30-18-15-14-16-19-30;1-2/h14-16,18-19,21,23,26-29,31-33,35-38H,13,17,20,22,24-25H2,1-12H3,(H,44,50)(H,45,51);1-2H3/t28?,29?,31?,32?,33?,35-,36?,37?,38?;/m0./s1. The van der Waals surface area contributed by atoms with Crippen molar-refractivity contribution in [2.24, 2.45) is 23.7 Å². The maximum Gasteiger partial charge on any atom is 0.245 e. The van der Waals surface area contributed by atoms with E-state index in [1.54, 1.807) is 32.4 Å². The third kappa shape index (κ3) is 13.6. The van der Waals surface area contributed by atoms with Crippen LogP contribution >= 0.6 is 11.3 Å². The lowest BCUT2D eigenvalue weighted by molar-refractivity contribution is -0.148. The van der Waals surface area contributed by atoms with Gasteiger partial charge in [0, 0.05) is 39.4 Å². The molecule has 1 aromatic heterocycles. The zero-order chi connectivity index (χ0) is 43.0. The van der Waals surface area contributed by atoms with Gasteiger partial charge in [0.15, 0.2) is 0 Å². The topological polar surface area (TPSA) is 133 Å². The number of likely N-dealkylation sites (tertiary alicyclic amines) is 1. The summed E-state index contributed by atoms with van der Waals surface area (Å²) in [5.41, 5.74) is 1.09. The summed E-state index contributed by atoms with van der Waals surface area (Å²) in [5, 5.41) is 9.02. The largest absolute Gasteiger partial charge is 0.379 e. The van der Waals surface area contributed by atoms with Gasteiger partial charge in [0.2, 0.25) is 23.6 Å². The molecule has 8 unspecified atom stereocenters. The Bertz CT molecular complexity index is 1480. The van der Waals surface area contributed by atoms with E-state index in [4.69, 9.17) is 9.47 Å². The molecule has 12 nitrogen and oxygen atoms in total. The summed E-state index contributed by atoms with van der Waals surface area (Å²) in [7, 11) is 8.66. The van der Waals surface area contributed by atoms with E-state index in [2.05, 4.69) is 29.5 Å². The highest BCUT2D eigenvalue weighted by molar-refractivity contribution is 7.09. The van der Waals surface area contributed by atoms with Crippen LogP contribution in [0.2, 0.25) is 0 Å². The summed E-state index contributed by atoms with van der Waals surface area (Å²) >= 11 is 1.51. The normalized spacial score (nSPS) is 18.5. The molecule has 322 valence electrons. The van der Waals surface area contributed by atoms with Gasteiger partial charge in [-0.05, 0) is 56.7 Å². The SMILES string of the molecule is CC.CCC(C)C(C(CC(=O)N1CCCC1C(OC)C(C)C(=O)NC(Cc1ccccc1)c1nccs1)OC)N(C)C(=O)[C@@H](NC(=O)C(C(C)C)N(C)C)C(C)C. The lowest BCUT2D eigenvalue weighted by atomic mass is 9.89. The minimum absolute atomic E-state index is 0.00751. The van der Waals surface area contributed by atoms with Crippen LogP contribution in [-0.4, -0.2) is 122 Å². The molecule has 3 rings (SSSR count). The Morgan fingerprint density at radius 3 is 2.09 bits per heavy atom. The van der Waals surface area contributed by atoms with Crippen LogP contribution in [0.3, 0.4) is 0 Å². The number of nitrogens with zero attached hydrogens (tertiary/aromatic N) is 4. The zero-order valence-corrected chi connectivity index (χ0v) is 38.1. The van der Waals surface area contributed by atoms with Gasteiger partial charge in [0.25, 0.3) is 0 Å². The first-order chi connectivity index (χ1) is 27.1. The Labute approximate surface area is 347 Å². The van der Waals surface area contributed by atoms with E-state index < -0.39 is 30.2 Å². The highest BCUT2D eigenvalue weighted by Gasteiger charge is 2.43. The number of hydrogen-bond donors (Lipinski definition) is 2. The highest BCUT2D eigenvalue weighted by Crippen LogP contribution is 2.30. The molecule has 1 saturated heterocycles. The summed E-state index contributed by atoms with van der Waals surface area (Å²) in [5.74, 6) is -1.35. The van der Waals surface area contributed by atoms with Crippen molar-refractivity contribution in [1.82, 2.24) is 30.3 Å². The van der Waals surface area contributed by atoms with Crippen LogP contribution < -0.4 is 10.6 Å². The number of ether oxygens (including phenoxy) is 2. The molecule has 1 aliphatic heterocycles. The van der Waals surface area contributed by atoms with Gasteiger partial charge in [0.05, 0.1) is 48.7 Å². The Balaban J connectivity index is 0.00000551. The van der Waals surface area contributed by atoms with E-state index in [1.165, 1.54) is 11.3 Å². The number of amides is 4. The Morgan fingerprint density at radius 2 is 1.58 bits per heavy atom. The molecule has 2 N–H and O–H groups in total. The first-order valence-electron chi connectivity index (χ1n) is 20.9. The molecular formula is C44H74N6O6S. The molecule has 2 heterocycles. The zero-order valence-electron chi connectivity index (χ0n) is 37.3. The number of rotatable bonds is 21. The van der Waals surface area contributed by atoms with Crippen molar-refractivity contribution in [1.29, 1.82) is 0 Å². The number of aromatic nitrogens is 1. The summed E-state index contributed by atoms with van der Waals surface area (Å²) in [6.07, 6.45) is 3.49. The van der Waals surface area contributed by atoms with Gasteiger partial charge >= 0.3 is 0 Å². The highest BCUT2D eigenvalue weighted by atomic mass is 32.1. The van der Waals surface area contributed by atoms with Crippen molar-refractivity contribution in [3.63, 3.8) is 0 Å². The van der Waals surface area contributed by atoms with Crippen LogP contribution in [0.5, 0.6) is 0 Å². The average molecular weight is 815 g/mol. The monoisotopic (exact) mass is 815 g/mol. The van der Waals surface area contributed by atoms with Gasteiger partial charge in [-0.25, -0.2) is 4.98 Å². The summed E-state index contributed by atoms with van der Waals surface area (Å²) < 4.78 is 12.1. The molecular weight excluding hydrogens is 741 g/mol. The van der Waals surface area contributed by atoms with Gasteiger partial charge in [0.1, 0.15) is 11.0 Å². The lowest BCUT2D eigenvalue weighted by Crippen LogP contribution is -2.59. The number of carbonyl (C=O) groups is 4. The second-order valence-electron chi connectivity index (χ2n) is 16.1. The lowest BCUT2D eigenvalue weighted by Gasteiger charge is -2.41. The van der Waals surface area contributed by atoms with E-state index >= 15 is 0 Å². The van der Waals surface area contributed by atoms with Gasteiger partial charge in [-0.2, -0.15) is 0 Å². The van der Waals surface area contributed by atoms with Crippen molar-refractivity contribution in [3.05, 3.63) is 52.5 Å². The van der Waals surface area contributed by atoms with E-state index in [-0.39, 0.29) is 65.9 Å². The van der Waals surface area contributed by atoms with Crippen LogP contribution in [0, 0.1) is 23.7 Å². The first-order valence-corrected chi connectivity index (χ1v) is 21.8. The molecule has 0 bridgehead atoms. The molecule has 1 aliphatic rings. The van der Waals surface area contributed by atoms with Gasteiger partial charge < -0.3 is 29.9 Å². The molecule has 13 heteroatoms. The van der Waals surface area contributed by atoms with Crippen molar-refractivity contribution >= 4 is 35.0 Å². The van der Waals surface area contributed by atoms with Crippen molar-refractivity contribution in [2.45, 2.75) is 137 Å². The predicted octanol–water partition coefficient (Wildman–Crippen LogP) is 6.22. The first kappa shape index (κ1) is 49.8. The number of methoxy groups -OCH3 is 2. The van der Waals surface area contributed by atoms with Crippen LogP contribution in [0.1, 0.15) is 105 Å². The number of benzene rings is 1. The maximum absolute atomic E-state index is 14.3. The van der Waals surface area contributed by atoms with Crippen molar-refractivity contribution < 1.29 is 28.7 Å². The molecule has 2 aromatic rings. The molecule has 1 fully saturated rings. The molecule has 57 heavy (non-hydrogen) atoms. The summed E-state index contributed by atoms with van der Waals surface area (Å²) in [6, 6.07) is 7.83. The quantitative estimate of drug-likeness (QED) is 0.152. The van der Waals surface area contributed by atoms with E-state index in [0.29, 0.717) is 19.4 Å². The fraction of sp³-hybridized carbons (Fsp3) is 0.705. The van der Waals surface area contributed by atoms with Crippen molar-refractivity contribution in [3.8, 4) is 0 Å². The molecule has 0 spiro atoms. The number of likely N-dealkylation sites (N-methyl/N-ethyl adjacent to an activating group) is 2. The third-order valence-corrected chi connectivity index (χ3v) is 12.2. The molecule has 9 atom stereocenters. The number of thiazole rings is 1. The number of hydrogen-bond acceptors (Lipinski definition) is 9. The van der Waals surface area contributed by atoms with Crippen molar-refractivity contribution in [2.75, 3.05) is 41.9 Å². The smallest absolute Gasteiger partial charge is 0.245 e. The molecule has 0 saturated carbocycles. The van der Waals surface area contributed by atoms with Gasteiger partial charge in [-0.1, -0.05) is 99.1 Å². The van der Waals surface area contributed by atoms with Crippen LogP contribution in [0.25, 0.3) is 0 Å². The predicted molar refractivity (Wildman–Crippen MR) is 230 cm³/mol. The van der Waals surface area contributed by atoms with E-state index in [1.807, 2.05) is 108 Å². The Kier molecular flexibility index (Phi) is 21.4. The maximum atomic E-state index is 14.3. The molecule has 4 amide bonds. The van der Waals surface area contributed by atoms with E-state index in [9.17, 15) is 19.2 Å². The van der Waals surface area contributed by atoms with Crippen LogP contribution in [0.15, 0.2) is 41.9 Å². The Morgan fingerprint density at radius 1 is 0.930 bits per heavy atom. The molecule has 1 aromatic carbocycles. The minimum Gasteiger partial charge on any atom is -0.379 e. The number of nitrogens with one attached hydrogen (secondary N) is 2. The summed E-state index contributed by atoms with van der Waals surface area (Å²) in [6.45, 7) is 18.3.